The maximum absolute atomic E-state index is 5.62. The largest absolute Gasteiger partial charge is 0.377 e. The molecule has 2 rings (SSSR count). The van der Waals surface area contributed by atoms with Gasteiger partial charge in [-0.25, -0.2) is 0 Å². The summed E-state index contributed by atoms with van der Waals surface area (Å²) in [5.74, 6) is 0. The monoisotopic (exact) mass is 247 g/mol. The van der Waals surface area contributed by atoms with Gasteiger partial charge in [-0.3, -0.25) is 0 Å². The van der Waals surface area contributed by atoms with E-state index in [4.69, 9.17) is 4.74 Å². The highest BCUT2D eigenvalue weighted by molar-refractivity contribution is 5.22. The van der Waals surface area contributed by atoms with E-state index < -0.39 is 0 Å². The first-order valence-electron chi connectivity index (χ1n) is 7.14. The first kappa shape index (κ1) is 13.6. The summed E-state index contributed by atoms with van der Waals surface area (Å²) >= 11 is 0. The molecular weight excluding hydrogens is 222 g/mol. The SMILES string of the molecule is Cc1cccc(CCC(C)NCC2CCCO2)c1. The molecule has 2 heteroatoms. The Morgan fingerprint density at radius 1 is 1.44 bits per heavy atom. The lowest BCUT2D eigenvalue weighted by atomic mass is 10.0. The van der Waals surface area contributed by atoms with Crippen LogP contribution in [0.25, 0.3) is 0 Å². The van der Waals surface area contributed by atoms with Crippen molar-refractivity contribution in [3.05, 3.63) is 35.4 Å². The average molecular weight is 247 g/mol. The van der Waals surface area contributed by atoms with Crippen molar-refractivity contribution in [1.29, 1.82) is 0 Å². The zero-order valence-corrected chi connectivity index (χ0v) is 11.6. The van der Waals surface area contributed by atoms with Crippen molar-refractivity contribution in [2.75, 3.05) is 13.2 Å². The number of ether oxygens (including phenoxy) is 1. The molecule has 0 amide bonds. The molecule has 0 radical (unpaired) electrons. The molecule has 0 aliphatic carbocycles. The van der Waals surface area contributed by atoms with Crippen LogP contribution in [0, 0.1) is 6.92 Å². The van der Waals surface area contributed by atoms with Gasteiger partial charge in [-0.2, -0.15) is 0 Å². The third-order valence-corrected chi connectivity index (χ3v) is 3.67. The standard InChI is InChI=1S/C16H25NO/c1-13-5-3-6-15(11-13)9-8-14(2)17-12-16-7-4-10-18-16/h3,5-6,11,14,16-17H,4,7-10,12H2,1-2H3. The van der Waals surface area contributed by atoms with Crippen molar-refractivity contribution in [3.63, 3.8) is 0 Å². The molecule has 1 aliphatic heterocycles. The van der Waals surface area contributed by atoms with Crippen molar-refractivity contribution < 1.29 is 4.74 Å². The summed E-state index contributed by atoms with van der Waals surface area (Å²) in [5.41, 5.74) is 2.80. The Balaban J connectivity index is 1.66. The average Bonchev–Trinajstić information content (AvgIpc) is 2.87. The summed E-state index contributed by atoms with van der Waals surface area (Å²) in [7, 11) is 0. The van der Waals surface area contributed by atoms with Crippen molar-refractivity contribution in [1.82, 2.24) is 5.32 Å². The van der Waals surface area contributed by atoms with Crippen LogP contribution >= 0.6 is 0 Å². The normalized spacial score (nSPS) is 21.1. The summed E-state index contributed by atoms with van der Waals surface area (Å²) in [6.45, 7) is 6.38. The minimum Gasteiger partial charge on any atom is -0.377 e. The van der Waals surface area contributed by atoms with Gasteiger partial charge in [0.25, 0.3) is 0 Å². The van der Waals surface area contributed by atoms with E-state index in [0.717, 1.165) is 19.6 Å². The number of aryl methyl sites for hydroxylation is 2. The second-order valence-electron chi connectivity index (χ2n) is 5.47. The summed E-state index contributed by atoms with van der Waals surface area (Å²) < 4.78 is 5.62. The number of benzene rings is 1. The van der Waals surface area contributed by atoms with Gasteiger partial charge in [0, 0.05) is 19.2 Å². The molecule has 0 saturated carbocycles. The van der Waals surface area contributed by atoms with Gasteiger partial charge in [0.15, 0.2) is 0 Å². The Kier molecular flexibility index (Phi) is 5.21. The van der Waals surface area contributed by atoms with Crippen molar-refractivity contribution in [2.45, 2.75) is 51.7 Å². The molecule has 1 aromatic carbocycles. The zero-order valence-electron chi connectivity index (χ0n) is 11.6. The van der Waals surface area contributed by atoms with Crippen LogP contribution in [-0.2, 0) is 11.2 Å². The van der Waals surface area contributed by atoms with Gasteiger partial charge in [0.2, 0.25) is 0 Å². The molecule has 1 aromatic rings. The van der Waals surface area contributed by atoms with Crippen LogP contribution in [-0.4, -0.2) is 25.3 Å². The smallest absolute Gasteiger partial charge is 0.0700 e. The second-order valence-corrected chi connectivity index (χ2v) is 5.47. The summed E-state index contributed by atoms with van der Waals surface area (Å²) in [6.07, 6.45) is 5.24. The van der Waals surface area contributed by atoms with Gasteiger partial charge in [-0.15, -0.1) is 0 Å². The van der Waals surface area contributed by atoms with Gasteiger partial charge in [0.1, 0.15) is 0 Å². The molecule has 1 aliphatic rings. The van der Waals surface area contributed by atoms with E-state index in [1.54, 1.807) is 0 Å². The van der Waals surface area contributed by atoms with E-state index in [9.17, 15) is 0 Å². The van der Waals surface area contributed by atoms with Crippen LogP contribution in [0.4, 0.5) is 0 Å². The van der Waals surface area contributed by atoms with E-state index in [1.807, 2.05) is 0 Å². The van der Waals surface area contributed by atoms with Gasteiger partial charge in [0.05, 0.1) is 6.10 Å². The van der Waals surface area contributed by atoms with Crippen molar-refractivity contribution in [2.24, 2.45) is 0 Å². The fourth-order valence-electron chi connectivity index (χ4n) is 2.49. The quantitative estimate of drug-likeness (QED) is 0.834. The first-order valence-corrected chi connectivity index (χ1v) is 7.14. The summed E-state index contributed by atoms with van der Waals surface area (Å²) in [4.78, 5) is 0. The maximum Gasteiger partial charge on any atom is 0.0700 e. The van der Waals surface area contributed by atoms with Crippen molar-refractivity contribution in [3.8, 4) is 0 Å². The highest BCUT2D eigenvalue weighted by Gasteiger charge is 2.15. The number of hydrogen-bond acceptors (Lipinski definition) is 2. The maximum atomic E-state index is 5.62. The fraction of sp³-hybridized carbons (Fsp3) is 0.625. The Morgan fingerprint density at radius 2 is 2.33 bits per heavy atom. The Bertz CT molecular complexity index is 358. The number of rotatable bonds is 6. The van der Waals surface area contributed by atoms with Crippen LogP contribution < -0.4 is 5.32 Å². The number of nitrogens with one attached hydrogen (secondary N) is 1. The molecule has 2 nitrogen and oxygen atoms in total. The minimum absolute atomic E-state index is 0.450. The minimum atomic E-state index is 0.450. The van der Waals surface area contributed by atoms with E-state index in [1.165, 1.54) is 30.4 Å². The highest BCUT2D eigenvalue weighted by atomic mass is 16.5. The second kappa shape index (κ2) is 6.91. The molecule has 1 fully saturated rings. The molecule has 1 heterocycles. The van der Waals surface area contributed by atoms with Crippen LogP contribution in [0.3, 0.4) is 0 Å². The van der Waals surface area contributed by atoms with Gasteiger partial charge in [-0.05, 0) is 45.1 Å². The van der Waals surface area contributed by atoms with E-state index >= 15 is 0 Å². The topological polar surface area (TPSA) is 21.3 Å². The highest BCUT2D eigenvalue weighted by Crippen LogP contribution is 2.12. The molecule has 2 atom stereocenters. The third kappa shape index (κ3) is 4.43. The van der Waals surface area contributed by atoms with Crippen LogP contribution in [0.2, 0.25) is 0 Å². The molecule has 0 bridgehead atoms. The summed E-state index contributed by atoms with van der Waals surface area (Å²) in [5, 5.41) is 3.58. The molecule has 2 unspecified atom stereocenters. The van der Waals surface area contributed by atoms with Crippen molar-refractivity contribution >= 4 is 0 Å². The Hall–Kier alpha value is -0.860. The molecule has 100 valence electrons. The van der Waals surface area contributed by atoms with Gasteiger partial charge in [-0.1, -0.05) is 29.8 Å². The van der Waals surface area contributed by atoms with Gasteiger partial charge < -0.3 is 10.1 Å². The van der Waals surface area contributed by atoms with E-state index in [0.29, 0.717) is 12.1 Å². The Labute approximate surface area is 111 Å². The zero-order chi connectivity index (χ0) is 12.8. The van der Waals surface area contributed by atoms with Crippen LogP contribution in [0.15, 0.2) is 24.3 Å². The third-order valence-electron chi connectivity index (χ3n) is 3.67. The van der Waals surface area contributed by atoms with E-state index in [-0.39, 0.29) is 0 Å². The Morgan fingerprint density at radius 3 is 3.06 bits per heavy atom. The molecule has 1 N–H and O–H groups in total. The fourth-order valence-corrected chi connectivity index (χ4v) is 2.49. The molecular formula is C16H25NO. The lowest BCUT2D eigenvalue weighted by molar-refractivity contribution is 0.107. The van der Waals surface area contributed by atoms with Gasteiger partial charge >= 0.3 is 0 Å². The number of hydrogen-bond donors (Lipinski definition) is 1. The predicted molar refractivity (Wildman–Crippen MR) is 75.9 cm³/mol. The molecule has 0 spiro atoms. The van der Waals surface area contributed by atoms with E-state index in [2.05, 4.69) is 43.4 Å². The lowest BCUT2D eigenvalue weighted by Crippen LogP contribution is -2.33. The molecule has 0 aromatic heterocycles. The molecule has 18 heavy (non-hydrogen) atoms. The molecule has 1 saturated heterocycles. The summed E-state index contributed by atoms with van der Waals surface area (Å²) in [6, 6.07) is 9.37. The predicted octanol–water partition coefficient (Wildman–Crippen LogP) is 3.08. The van der Waals surface area contributed by atoms with Crippen LogP contribution in [0.5, 0.6) is 0 Å². The van der Waals surface area contributed by atoms with Crippen LogP contribution in [0.1, 0.15) is 37.3 Å². The lowest BCUT2D eigenvalue weighted by Gasteiger charge is -2.17. The first-order chi connectivity index (χ1) is 8.74.